The number of carbonyl (C=O) groups is 1. The molecular weight excluding hydrogens is 298 g/mol. The van der Waals surface area contributed by atoms with E-state index in [9.17, 15) is 18.3 Å². The Hall–Kier alpha value is -2.55. The van der Waals surface area contributed by atoms with Crippen molar-refractivity contribution in [3.63, 3.8) is 0 Å². The zero-order chi connectivity index (χ0) is 15.8. The van der Waals surface area contributed by atoms with Gasteiger partial charge < -0.3 is 10.2 Å². The second-order valence-electron chi connectivity index (χ2n) is 4.32. The van der Waals surface area contributed by atoms with Gasteiger partial charge in [0.25, 0.3) is 10.0 Å². The summed E-state index contributed by atoms with van der Waals surface area (Å²) < 4.78 is 26.1. The molecule has 0 unspecified atom stereocenters. The van der Waals surface area contributed by atoms with Crippen molar-refractivity contribution in [1.29, 1.82) is 0 Å². The Bertz CT molecular complexity index is 780. The summed E-state index contributed by atoms with van der Waals surface area (Å²) in [7, 11) is -2.80. The van der Waals surface area contributed by atoms with E-state index in [0.717, 1.165) is 4.31 Å². The SMILES string of the molecule is Cc1[nH]nc(C(=O)O)c1S(=O)(=O)N(C)c1ccc(O)cc1. The van der Waals surface area contributed by atoms with Crippen LogP contribution in [0.5, 0.6) is 5.75 Å². The summed E-state index contributed by atoms with van der Waals surface area (Å²) in [5.74, 6) is -1.44. The molecule has 0 fully saturated rings. The summed E-state index contributed by atoms with van der Waals surface area (Å²) in [5.41, 5.74) is -0.138. The van der Waals surface area contributed by atoms with Crippen LogP contribution in [0.1, 0.15) is 16.2 Å². The molecule has 0 aliphatic heterocycles. The molecule has 2 rings (SSSR count). The number of rotatable bonds is 4. The van der Waals surface area contributed by atoms with E-state index in [4.69, 9.17) is 5.11 Å². The molecule has 0 bridgehead atoms. The van der Waals surface area contributed by atoms with Gasteiger partial charge in [-0.25, -0.2) is 13.2 Å². The summed E-state index contributed by atoms with van der Waals surface area (Å²) in [6.45, 7) is 1.43. The Morgan fingerprint density at radius 3 is 2.38 bits per heavy atom. The average Bonchev–Trinajstić information content (AvgIpc) is 2.81. The number of sulfonamides is 1. The number of nitrogens with zero attached hydrogens (tertiary/aromatic N) is 2. The van der Waals surface area contributed by atoms with Gasteiger partial charge in [-0.15, -0.1) is 0 Å². The number of H-pyrrole nitrogens is 1. The van der Waals surface area contributed by atoms with Crippen LogP contribution < -0.4 is 4.31 Å². The molecule has 8 nitrogen and oxygen atoms in total. The zero-order valence-electron chi connectivity index (χ0n) is 11.2. The normalized spacial score (nSPS) is 11.3. The highest BCUT2D eigenvalue weighted by Gasteiger charge is 2.31. The van der Waals surface area contributed by atoms with Gasteiger partial charge in [-0.1, -0.05) is 0 Å². The fourth-order valence-corrected chi connectivity index (χ4v) is 3.30. The van der Waals surface area contributed by atoms with Crippen molar-refractivity contribution in [3.8, 4) is 5.75 Å². The van der Waals surface area contributed by atoms with Gasteiger partial charge in [0, 0.05) is 7.05 Å². The maximum absolute atomic E-state index is 12.6. The predicted octanol–water partition coefficient (Wildman–Crippen LogP) is 0.947. The second kappa shape index (κ2) is 5.09. The van der Waals surface area contributed by atoms with Crippen molar-refractivity contribution in [2.24, 2.45) is 0 Å². The Kier molecular flexibility index (Phi) is 3.60. The number of aromatic nitrogens is 2. The third kappa shape index (κ3) is 2.55. The van der Waals surface area contributed by atoms with Crippen LogP contribution in [-0.4, -0.2) is 41.8 Å². The Morgan fingerprint density at radius 2 is 1.86 bits per heavy atom. The molecule has 3 N–H and O–H groups in total. The number of phenolic OH excluding ortho intramolecular Hbond substituents is 1. The van der Waals surface area contributed by atoms with Crippen LogP contribution in [0, 0.1) is 6.92 Å². The van der Waals surface area contributed by atoms with E-state index in [-0.39, 0.29) is 22.0 Å². The van der Waals surface area contributed by atoms with Crippen LogP contribution in [0.4, 0.5) is 5.69 Å². The topological polar surface area (TPSA) is 124 Å². The summed E-state index contributed by atoms with van der Waals surface area (Å²) in [4.78, 5) is 10.7. The van der Waals surface area contributed by atoms with Crippen LogP contribution in [0.3, 0.4) is 0 Å². The molecule has 0 atom stereocenters. The first-order valence-corrected chi connectivity index (χ1v) is 7.25. The van der Waals surface area contributed by atoms with Crippen molar-refractivity contribution < 1.29 is 23.4 Å². The molecule has 0 saturated carbocycles. The summed E-state index contributed by atoms with van der Waals surface area (Å²) in [6, 6.07) is 5.48. The second-order valence-corrected chi connectivity index (χ2v) is 6.23. The molecule has 1 aromatic heterocycles. The molecule has 1 heterocycles. The van der Waals surface area contributed by atoms with E-state index in [0.29, 0.717) is 0 Å². The van der Waals surface area contributed by atoms with Gasteiger partial charge in [0.2, 0.25) is 0 Å². The molecule has 21 heavy (non-hydrogen) atoms. The summed E-state index contributed by atoms with van der Waals surface area (Å²) in [6.07, 6.45) is 0. The number of carboxylic acid groups (broad SMARTS) is 1. The van der Waals surface area contributed by atoms with Crippen molar-refractivity contribution in [3.05, 3.63) is 35.7 Å². The van der Waals surface area contributed by atoms with Crippen LogP contribution in [-0.2, 0) is 10.0 Å². The number of benzene rings is 1. The number of carboxylic acids is 1. The predicted molar refractivity (Wildman–Crippen MR) is 74.0 cm³/mol. The zero-order valence-corrected chi connectivity index (χ0v) is 12.0. The molecule has 0 aliphatic rings. The van der Waals surface area contributed by atoms with E-state index >= 15 is 0 Å². The lowest BCUT2D eigenvalue weighted by molar-refractivity contribution is 0.0686. The number of aromatic amines is 1. The lowest BCUT2D eigenvalue weighted by atomic mass is 10.3. The van der Waals surface area contributed by atoms with Crippen LogP contribution in [0.15, 0.2) is 29.2 Å². The van der Waals surface area contributed by atoms with Crippen molar-refractivity contribution in [2.45, 2.75) is 11.8 Å². The van der Waals surface area contributed by atoms with E-state index in [1.165, 1.54) is 38.2 Å². The highest BCUT2D eigenvalue weighted by molar-refractivity contribution is 7.93. The minimum Gasteiger partial charge on any atom is -0.508 e. The molecule has 1 aromatic carbocycles. The van der Waals surface area contributed by atoms with Gasteiger partial charge in [0.1, 0.15) is 10.6 Å². The van der Waals surface area contributed by atoms with Crippen LogP contribution >= 0.6 is 0 Å². The van der Waals surface area contributed by atoms with Crippen molar-refractivity contribution >= 4 is 21.7 Å². The van der Waals surface area contributed by atoms with Crippen LogP contribution in [0.25, 0.3) is 0 Å². The number of aromatic carboxylic acids is 1. The van der Waals surface area contributed by atoms with Gasteiger partial charge in [-0.05, 0) is 31.2 Å². The number of hydrogen-bond acceptors (Lipinski definition) is 5. The number of hydrogen-bond donors (Lipinski definition) is 3. The van der Waals surface area contributed by atoms with Gasteiger partial charge in [-0.3, -0.25) is 9.40 Å². The first-order chi connectivity index (χ1) is 9.75. The number of aromatic hydroxyl groups is 1. The molecule has 0 amide bonds. The first-order valence-electron chi connectivity index (χ1n) is 5.81. The first kappa shape index (κ1) is 14.9. The molecule has 2 aromatic rings. The minimum atomic E-state index is -4.09. The fraction of sp³-hybridized carbons (Fsp3) is 0.167. The lowest BCUT2D eigenvalue weighted by Crippen LogP contribution is -2.28. The molecule has 0 aliphatic carbocycles. The quantitative estimate of drug-likeness (QED) is 0.772. The van der Waals surface area contributed by atoms with Gasteiger partial charge in [0.05, 0.1) is 11.4 Å². The molecule has 0 radical (unpaired) electrons. The van der Waals surface area contributed by atoms with E-state index in [1.807, 2.05) is 0 Å². The highest BCUT2D eigenvalue weighted by atomic mass is 32.2. The molecule has 9 heteroatoms. The summed E-state index contributed by atoms with van der Waals surface area (Å²) in [5, 5.41) is 24.1. The van der Waals surface area contributed by atoms with Crippen molar-refractivity contribution in [2.75, 3.05) is 11.4 Å². The number of aryl methyl sites for hydroxylation is 1. The number of anilines is 1. The fourth-order valence-electron chi connectivity index (χ4n) is 1.82. The highest BCUT2D eigenvalue weighted by Crippen LogP contribution is 2.26. The van der Waals surface area contributed by atoms with E-state index in [1.54, 1.807) is 0 Å². The maximum atomic E-state index is 12.6. The lowest BCUT2D eigenvalue weighted by Gasteiger charge is -2.19. The largest absolute Gasteiger partial charge is 0.508 e. The maximum Gasteiger partial charge on any atom is 0.357 e. The van der Waals surface area contributed by atoms with Gasteiger partial charge in [0.15, 0.2) is 5.69 Å². The standard InChI is InChI=1S/C12H13N3O5S/c1-7-11(10(12(17)18)14-13-7)21(19,20)15(2)8-3-5-9(16)6-4-8/h3-6,16H,1-2H3,(H,13,14)(H,17,18). The monoisotopic (exact) mass is 311 g/mol. The molecule has 0 spiro atoms. The average molecular weight is 311 g/mol. The number of phenols is 1. The van der Waals surface area contributed by atoms with Gasteiger partial charge in [-0.2, -0.15) is 5.10 Å². The van der Waals surface area contributed by atoms with Crippen molar-refractivity contribution in [1.82, 2.24) is 10.2 Å². The Labute approximate surface area is 120 Å². The number of nitrogens with one attached hydrogen (secondary N) is 1. The molecule has 112 valence electrons. The third-order valence-electron chi connectivity index (χ3n) is 2.93. The Morgan fingerprint density at radius 1 is 1.29 bits per heavy atom. The Balaban J connectivity index is 2.54. The minimum absolute atomic E-state index is 0.00438. The van der Waals surface area contributed by atoms with Gasteiger partial charge >= 0.3 is 5.97 Å². The van der Waals surface area contributed by atoms with E-state index in [2.05, 4.69) is 10.2 Å². The molecule has 0 saturated heterocycles. The van der Waals surface area contributed by atoms with E-state index < -0.39 is 21.7 Å². The van der Waals surface area contributed by atoms with Crippen LogP contribution in [0.2, 0.25) is 0 Å². The third-order valence-corrected chi connectivity index (χ3v) is 4.87. The molecular formula is C12H13N3O5S. The smallest absolute Gasteiger partial charge is 0.357 e. The summed E-state index contributed by atoms with van der Waals surface area (Å²) >= 11 is 0.